The number of aromatic nitrogens is 1. The third-order valence-corrected chi connectivity index (χ3v) is 4.99. The van der Waals surface area contributed by atoms with Crippen LogP contribution >= 0.6 is 11.3 Å². The number of nitrogens with zero attached hydrogens (tertiary/aromatic N) is 1. The number of H-pyrrole nitrogens is 1. The molecule has 1 N–H and O–H groups in total. The largest absolute Gasteiger partial charge is 0.338 e. The van der Waals surface area contributed by atoms with Gasteiger partial charge in [0.15, 0.2) is 0 Å². The van der Waals surface area contributed by atoms with Gasteiger partial charge < -0.3 is 9.88 Å². The standard InChI is InChI=1S/C16H18N2O2S/c1-11-2-3-14(21-11)16(20)18-8-5-12(6-9-18)13-4-7-17-15(19)10-13/h2-4,7,10,12H,5-6,8-9H2,1H3,(H,17,19). The first-order chi connectivity index (χ1) is 10.1. The number of aromatic amines is 1. The molecular weight excluding hydrogens is 284 g/mol. The zero-order valence-electron chi connectivity index (χ0n) is 12.0. The Bertz CT molecular complexity index is 696. The molecule has 1 aliphatic heterocycles. The Morgan fingerprint density at radius 2 is 2.05 bits per heavy atom. The SMILES string of the molecule is Cc1ccc(C(=O)N2CCC(c3cc[nH]c(=O)c3)CC2)s1. The highest BCUT2D eigenvalue weighted by atomic mass is 32.1. The van der Waals surface area contributed by atoms with E-state index < -0.39 is 0 Å². The zero-order chi connectivity index (χ0) is 14.8. The molecule has 1 aliphatic rings. The topological polar surface area (TPSA) is 53.2 Å². The van der Waals surface area contributed by atoms with Crippen LogP contribution in [0.2, 0.25) is 0 Å². The number of pyridine rings is 1. The summed E-state index contributed by atoms with van der Waals surface area (Å²) in [5.74, 6) is 0.513. The van der Waals surface area contributed by atoms with E-state index in [1.54, 1.807) is 23.6 Å². The number of amides is 1. The van der Waals surface area contributed by atoms with Crippen molar-refractivity contribution in [2.75, 3.05) is 13.1 Å². The van der Waals surface area contributed by atoms with Crippen LogP contribution in [0.25, 0.3) is 0 Å². The van der Waals surface area contributed by atoms with Crippen molar-refractivity contribution in [3.8, 4) is 0 Å². The van der Waals surface area contributed by atoms with Crippen molar-refractivity contribution in [3.05, 3.63) is 56.1 Å². The second kappa shape index (κ2) is 5.85. The van der Waals surface area contributed by atoms with Crippen LogP contribution in [0.5, 0.6) is 0 Å². The fourth-order valence-electron chi connectivity index (χ4n) is 2.84. The lowest BCUT2D eigenvalue weighted by molar-refractivity contribution is 0.0718. The van der Waals surface area contributed by atoms with Gasteiger partial charge in [0, 0.05) is 30.2 Å². The van der Waals surface area contributed by atoms with Gasteiger partial charge in [0.1, 0.15) is 0 Å². The molecule has 0 saturated carbocycles. The van der Waals surface area contributed by atoms with Crippen LogP contribution in [0.1, 0.15) is 38.9 Å². The molecule has 0 aromatic carbocycles. The van der Waals surface area contributed by atoms with E-state index in [0.717, 1.165) is 41.2 Å². The molecule has 4 nitrogen and oxygen atoms in total. The van der Waals surface area contributed by atoms with Crippen molar-refractivity contribution in [1.29, 1.82) is 0 Å². The number of aryl methyl sites for hydroxylation is 1. The first kappa shape index (κ1) is 14.1. The molecule has 110 valence electrons. The minimum atomic E-state index is -0.0555. The average Bonchev–Trinajstić information content (AvgIpc) is 2.93. The van der Waals surface area contributed by atoms with Gasteiger partial charge in [-0.3, -0.25) is 9.59 Å². The smallest absolute Gasteiger partial charge is 0.263 e. The molecule has 2 aromatic heterocycles. The van der Waals surface area contributed by atoms with Gasteiger partial charge >= 0.3 is 0 Å². The molecule has 0 bridgehead atoms. The van der Waals surface area contributed by atoms with Gasteiger partial charge in [-0.15, -0.1) is 11.3 Å². The summed E-state index contributed by atoms with van der Waals surface area (Å²) >= 11 is 1.55. The first-order valence-corrected chi connectivity index (χ1v) is 7.99. The summed E-state index contributed by atoms with van der Waals surface area (Å²) in [5.41, 5.74) is 1.03. The second-order valence-electron chi connectivity index (χ2n) is 5.46. The highest BCUT2D eigenvalue weighted by molar-refractivity contribution is 7.13. The highest BCUT2D eigenvalue weighted by Gasteiger charge is 2.25. The quantitative estimate of drug-likeness (QED) is 0.927. The van der Waals surface area contributed by atoms with Gasteiger partial charge in [0.25, 0.3) is 5.91 Å². The van der Waals surface area contributed by atoms with Crippen LogP contribution in [-0.4, -0.2) is 28.9 Å². The minimum absolute atomic E-state index is 0.0555. The van der Waals surface area contributed by atoms with Gasteiger partial charge in [-0.2, -0.15) is 0 Å². The van der Waals surface area contributed by atoms with Crippen LogP contribution in [0.15, 0.2) is 35.3 Å². The van der Waals surface area contributed by atoms with E-state index in [1.807, 2.05) is 30.0 Å². The van der Waals surface area contributed by atoms with Crippen molar-refractivity contribution in [2.45, 2.75) is 25.7 Å². The number of carbonyl (C=O) groups excluding carboxylic acids is 1. The molecule has 5 heteroatoms. The molecule has 0 aliphatic carbocycles. The number of carbonyl (C=O) groups is 1. The van der Waals surface area contributed by atoms with Gasteiger partial charge in [-0.1, -0.05) is 0 Å². The van der Waals surface area contributed by atoms with Gasteiger partial charge in [0.2, 0.25) is 5.56 Å². The van der Waals surface area contributed by atoms with E-state index in [1.165, 1.54) is 0 Å². The van der Waals surface area contributed by atoms with Gasteiger partial charge in [0.05, 0.1) is 4.88 Å². The number of likely N-dealkylation sites (tertiary alicyclic amines) is 1. The molecule has 0 radical (unpaired) electrons. The van der Waals surface area contributed by atoms with E-state index in [0.29, 0.717) is 5.92 Å². The lowest BCUT2D eigenvalue weighted by atomic mass is 9.90. The zero-order valence-corrected chi connectivity index (χ0v) is 12.8. The molecule has 3 rings (SSSR count). The van der Waals surface area contributed by atoms with E-state index in [4.69, 9.17) is 0 Å². The molecular formula is C16H18N2O2S. The Morgan fingerprint density at radius 1 is 1.29 bits per heavy atom. The van der Waals surface area contributed by atoms with E-state index >= 15 is 0 Å². The molecule has 1 fully saturated rings. The van der Waals surface area contributed by atoms with Crippen LogP contribution in [-0.2, 0) is 0 Å². The molecule has 0 spiro atoms. The summed E-state index contributed by atoms with van der Waals surface area (Å²) in [7, 11) is 0. The number of piperidine rings is 1. The summed E-state index contributed by atoms with van der Waals surface area (Å²) in [5, 5.41) is 0. The molecule has 1 amide bonds. The van der Waals surface area contributed by atoms with Crippen LogP contribution < -0.4 is 5.56 Å². The monoisotopic (exact) mass is 302 g/mol. The summed E-state index contributed by atoms with van der Waals surface area (Å²) < 4.78 is 0. The molecule has 0 unspecified atom stereocenters. The Balaban J connectivity index is 1.65. The molecule has 0 atom stereocenters. The Morgan fingerprint density at radius 3 is 2.67 bits per heavy atom. The fourth-order valence-corrected chi connectivity index (χ4v) is 3.67. The fraction of sp³-hybridized carbons (Fsp3) is 0.375. The number of hydrogen-bond acceptors (Lipinski definition) is 3. The van der Waals surface area contributed by atoms with Crippen molar-refractivity contribution < 1.29 is 4.79 Å². The lowest BCUT2D eigenvalue weighted by Crippen LogP contribution is -2.37. The number of rotatable bonds is 2. The van der Waals surface area contributed by atoms with Crippen molar-refractivity contribution in [1.82, 2.24) is 9.88 Å². The molecule has 21 heavy (non-hydrogen) atoms. The van der Waals surface area contributed by atoms with Crippen LogP contribution in [0.4, 0.5) is 0 Å². The average molecular weight is 302 g/mol. The van der Waals surface area contributed by atoms with E-state index in [9.17, 15) is 9.59 Å². The van der Waals surface area contributed by atoms with E-state index in [-0.39, 0.29) is 11.5 Å². The van der Waals surface area contributed by atoms with Gasteiger partial charge in [-0.05, 0) is 49.4 Å². The number of thiophene rings is 1. The van der Waals surface area contributed by atoms with E-state index in [2.05, 4.69) is 4.98 Å². The highest BCUT2D eigenvalue weighted by Crippen LogP contribution is 2.28. The van der Waals surface area contributed by atoms with Crippen molar-refractivity contribution >= 4 is 17.2 Å². The second-order valence-corrected chi connectivity index (χ2v) is 6.75. The third-order valence-electron chi connectivity index (χ3n) is 4.00. The summed E-state index contributed by atoms with van der Waals surface area (Å²) in [6, 6.07) is 7.53. The van der Waals surface area contributed by atoms with Crippen molar-refractivity contribution in [2.24, 2.45) is 0 Å². The number of nitrogens with one attached hydrogen (secondary N) is 1. The Kier molecular flexibility index (Phi) is 3.92. The Hall–Kier alpha value is -1.88. The summed E-state index contributed by atoms with van der Waals surface area (Å²) in [6.45, 7) is 3.53. The maximum absolute atomic E-state index is 12.4. The van der Waals surface area contributed by atoms with Crippen LogP contribution in [0, 0.1) is 6.92 Å². The molecule has 3 heterocycles. The summed E-state index contributed by atoms with van der Waals surface area (Å²) in [6.07, 6.45) is 3.53. The van der Waals surface area contributed by atoms with Gasteiger partial charge in [-0.25, -0.2) is 0 Å². The maximum atomic E-state index is 12.4. The van der Waals surface area contributed by atoms with Crippen LogP contribution in [0.3, 0.4) is 0 Å². The Labute approximate surface area is 127 Å². The molecule has 2 aromatic rings. The number of hydrogen-bond donors (Lipinski definition) is 1. The lowest BCUT2D eigenvalue weighted by Gasteiger charge is -2.31. The first-order valence-electron chi connectivity index (χ1n) is 7.18. The molecule has 1 saturated heterocycles. The predicted molar refractivity (Wildman–Crippen MR) is 84.0 cm³/mol. The third kappa shape index (κ3) is 3.08. The minimum Gasteiger partial charge on any atom is -0.338 e. The maximum Gasteiger partial charge on any atom is 0.263 e. The normalized spacial score (nSPS) is 16.1. The predicted octanol–water partition coefficient (Wildman–Crippen LogP) is 2.76. The summed E-state index contributed by atoms with van der Waals surface area (Å²) in [4.78, 5) is 30.3. The van der Waals surface area contributed by atoms with Crippen molar-refractivity contribution in [3.63, 3.8) is 0 Å².